The summed E-state index contributed by atoms with van der Waals surface area (Å²) >= 11 is 0. The number of piperidine rings is 1. The Morgan fingerprint density at radius 2 is 1.68 bits per heavy atom. The van der Waals surface area contributed by atoms with Crippen molar-refractivity contribution in [3.8, 4) is 11.6 Å². The number of hydrogen-bond acceptors (Lipinski definition) is 6. The maximum atomic E-state index is 13.2. The number of anilines is 1. The molecule has 5 rings (SSSR count). The number of aromatic hydroxyl groups is 1. The van der Waals surface area contributed by atoms with Crippen molar-refractivity contribution in [1.29, 1.82) is 0 Å². The Labute approximate surface area is 210 Å². The van der Waals surface area contributed by atoms with Crippen LogP contribution >= 0.6 is 0 Å². The van der Waals surface area contributed by atoms with Gasteiger partial charge >= 0.3 is 11.2 Å². The van der Waals surface area contributed by atoms with E-state index in [0.717, 1.165) is 76.9 Å². The molecule has 37 heavy (non-hydrogen) atoms. The third-order valence-corrected chi connectivity index (χ3v) is 8.02. The molecule has 0 amide bonds. The highest BCUT2D eigenvalue weighted by Gasteiger charge is 2.46. The summed E-state index contributed by atoms with van der Waals surface area (Å²) in [5, 5.41) is 11.4. The first kappa shape index (κ1) is 24.9. The van der Waals surface area contributed by atoms with Crippen LogP contribution < -0.4 is 10.6 Å². The molecule has 1 aliphatic rings. The Morgan fingerprint density at radius 3 is 2.35 bits per heavy atom. The van der Waals surface area contributed by atoms with Crippen LogP contribution in [0.5, 0.6) is 5.88 Å². The van der Waals surface area contributed by atoms with Gasteiger partial charge in [-0.2, -0.15) is 13.2 Å². The highest BCUT2D eigenvalue weighted by atomic mass is 32.2. The zero-order valence-electron chi connectivity index (χ0n) is 19.5. The van der Waals surface area contributed by atoms with Crippen LogP contribution in [0.15, 0.2) is 70.6 Å². The van der Waals surface area contributed by atoms with Crippen LogP contribution in [0.4, 0.5) is 18.9 Å². The minimum Gasteiger partial charge on any atom is -0.493 e. The Morgan fingerprint density at radius 1 is 0.973 bits per heavy atom. The SMILES string of the molecule is O=c1n(Cc2ccnc3cccc(N4CCCCC4)c23)cc(O)n1-c1ccc(S(=O)(=O)C(F)(F)F)cc1. The molecule has 2 aromatic carbocycles. The van der Waals surface area contributed by atoms with Crippen molar-refractivity contribution in [1.82, 2.24) is 14.1 Å². The third kappa shape index (κ3) is 4.45. The summed E-state index contributed by atoms with van der Waals surface area (Å²) in [5.74, 6) is -0.439. The van der Waals surface area contributed by atoms with Gasteiger partial charge in [-0.1, -0.05) is 6.07 Å². The topological polar surface area (TPSA) is 97.4 Å². The van der Waals surface area contributed by atoms with Crippen molar-refractivity contribution in [3.63, 3.8) is 0 Å². The van der Waals surface area contributed by atoms with Gasteiger partial charge in [-0.3, -0.25) is 9.55 Å². The van der Waals surface area contributed by atoms with Crippen LogP contribution in [-0.4, -0.2) is 46.2 Å². The fourth-order valence-corrected chi connectivity index (χ4v) is 5.47. The van der Waals surface area contributed by atoms with Gasteiger partial charge < -0.3 is 10.0 Å². The zero-order chi connectivity index (χ0) is 26.4. The fraction of sp³-hybridized carbons (Fsp3) is 0.280. The molecule has 1 N–H and O–H groups in total. The summed E-state index contributed by atoms with van der Waals surface area (Å²) in [7, 11) is -5.53. The molecule has 0 spiro atoms. The first-order valence-corrected chi connectivity index (χ1v) is 13.1. The van der Waals surface area contributed by atoms with Gasteiger partial charge in [0.05, 0.1) is 28.8 Å². The van der Waals surface area contributed by atoms with Crippen molar-refractivity contribution < 1.29 is 26.7 Å². The molecule has 0 radical (unpaired) electrons. The van der Waals surface area contributed by atoms with E-state index >= 15 is 0 Å². The van der Waals surface area contributed by atoms with Gasteiger partial charge in [-0.05, 0) is 67.3 Å². The summed E-state index contributed by atoms with van der Waals surface area (Å²) in [4.78, 5) is 19.0. The summed E-state index contributed by atoms with van der Waals surface area (Å²) in [6.45, 7) is 1.96. The molecule has 12 heteroatoms. The standard InChI is InChI=1S/C25H23F3N4O4S/c26-25(27,28)37(35,36)19-9-7-18(8-10-19)32-22(33)16-31(24(32)34)15-17-11-12-29-20-5-4-6-21(23(17)20)30-13-2-1-3-14-30/h4-12,16,33H,1-3,13-15H2. The van der Waals surface area contributed by atoms with Gasteiger partial charge in [-0.25, -0.2) is 17.8 Å². The van der Waals surface area contributed by atoms with Crippen molar-refractivity contribution in [2.24, 2.45) is 0 Å². The van der Waals surface area contributed by atoms with Crippen molar-refractivity contribution >= 4 is 26.4 Å². The van der Waals surface area contributed by atoms with Gasteiger partial charge in [0.25, 0.3) is 9.84 Å². The molecule has 1 fully saturated rings. The van der Waals surface area contributed by atoms with Crippen molar-refractivity contribution in [2.75, 3.05) is 18.0 Å². The number of sulfone groups is 1. The number of halogens is 3. The predicted octanol–water partition coefficient (Wildman–Crippen LogP) is 4.22. The van der Waals surface area contributed by atoms with E-state index in [2.05, 4.69) is 9.88 Å². The third-order valence-electron chi connectivity index (χ3n) is 6.52. The first-order valence-electron chi connectivity index (χ1n) is 11.6. The summed E-state index contributed by atoms with van der Waals surface area (Å²) in [6.07, 6.45) is 6.24. The molecule has 8 nitrogen and oxygen atoms in total. The van der Waals surface area contributed by atoms with Gasteiger partial charge in [0, 0.05) is 30.4 Å². The number of benzene rings is 2. The lowest BCUT2D eigenvalue weighted by molar-refractivity contribution is -0.0436. The minimum absolute atomic E-state index is 0.0240. The van der Waals surface area contributed by atoms with Gasteiger partial charge in [-0.15, -0.1) is 0 Å². The number of imidazole rings is 1. The van der Waals surface area contributed by atoms with E-state index in [1.54, 1.807) is 6.20 Å². The molecule has 1 saturated heterocycles. The predicted molar refractivity (Wildman–Crippen MR) is 132 cm³/mol. The minimum atomic E-state index is -5.53. The smallest absolute Gasteiger partial charge is 0.493 e. The van der Waals surface area contributed by atoms with Gasteiger partial charge in [0.15, 0.2) is 0 Å². The van der Waals surface area contributed by atoms with Crippen LogP contribution in [0.3, 0.4) is 0 Å². The zero-order valence-corrected chi connectivity index (χ0v) is 20.3. The average molecular weight is 533 g/mol. The summed E-state index contributed by atoms with van der Waals surface area (Å²) in [6, 6.07) is 11.3. The summed E-state index contributed by atoms with van der Waals surface area (Å²) < 4.78 is 64.0. The van der Waals surface area contributed by atoms with Crippen LogP contribution in [0, 0.1) is 0 Å². The molecule has 4 aromatic rings. The molecule has 194 valence electrons. The molecule has 1 aliphatic heterocycles. The normalized spacial score (nSPS) is 14.8. The highest BCUT2D eigenvalue weighted by Crippen LogP contribution is 2.32. The molecular formula is C25H23F3N4O4S. The van der Waals surface area contributed by atoms with Crippen molar-refractivity contribution in [2.45, 2.75) is 36.2 Å². The number of pyridine rings is 1. The van der Waals surface area contributed by atoms with Crippen molar-refractivity contribution in [3.05, 3.63) is 77.0 Å². The average Bonchev–Trinajstić information content (AvgIpc) is 3.16. The Balaban J connectivity index is 1.52. The Bertz CT molecular complexity index is 1620. The van der Waals surface area contributed by atoms with Crippen LogP contribution in [0.2, 0.25) is 0 Å². The maximum Gasteiger partial charge on any atom is 0.501 e. The number of alkyl halides is 3. The quantitative estimate of drug-likeness (QED) is 0.413. The molecule has 3 heterocycles. The number of rotatable bonds is 5. The molecule has 0 bridgehead atoms. The first-order chi connectivity index (χ1) is 17.6. The van der Waals surface area contributed by atoms with E-state index in [0.29, 0.717) is 0 Å². The highest BCUT2D eigenvalue weighted by molar-refractivity contribution is 7.92. The van der Waals surface area contributed by atoms with E-state index < -0.39 is 31.8 Å². The number of fused-ring (bicyclic) bond motifs is 1. The summed E-state index contributed by atoms with van der Waals surface area (Å²) in [5.41, 5.74) is -3.44. The van der Waals surface area contributed by atoms with Gasteiger partial charge in [0.2, 0.25) is 5.88 Å². The number of hydrogen-bond donors (Lipinski definition) is 1. The lowest BCUT2D eigenvalue weighted by Crippen LogP contribution is -2.29. The van der Waals surface area contributed by atoms with Gasteiger partial charge in [0.1, 0.15) is 0 Å². The molecular weight excluding hydrogens is 509 g/mol. The maximum absolute atomic E-state index is 13.2. The molecule has 2 aromatic heterocycles. The second kappa shape index (κ2) is 9.25. The van der Waals surface area contributed by atoms with E-state index in [1.807, 2.05) is 24.3 Å². The number of aromatic nitrogens is 3. The van der Waals surface area contributed by atoms with E-state index in [1.165, 1.54) is 17.2 Å². The molecule has 0 unspecified atom stereocenters. The van der Waals surface area contributed by atoms with E-state index in [9.17, 15) is 31.5 Å². The second-order valence-electron chi connectivity index (χ2n) is 8.87. The largest absolute Gasteiger partial charge is 0.501 e. The fourth-order valence-electron chi connectivity index (χ4n) is 4.71. The van der Waals surface area contributed by atoms with Crippen LogP contribution in [0.1, 0.15) is 24.8 Å². The second-order valence-corrected chi connectivity index (χ2v) is 10.8. The number of nitrogens with zero attached hydrogens (tertiary/aromatic N) is 4. The lowest BCUT2D eigenvalue weighted by Gasteiger charge is -2.30. The Hall–Kier alpha value is -3.80. The monoisotopic (exact) mass is 532 g/mol. The lowest BCUT2D eigenvalue weighted by atomic mass is 10.0. The Kier molecular flexibility index (Phi) is 6.22. The molecule has 0 saturated carbocycles. The van der Waals surface area contributed by atoms with E-state index in [4.69, 9.17) is 0 Å². The molecule has 0 atom stereocenters. The van der Waals surface area contributed by atoms with E-state index in [-0.39, 0.29) is 12.2 Å². The van der Waals surface area contributed by atoms with Crippen LogP contribution in [0.25, 0.3) is 16.6 Å². The molecule has 0 aliphatic carbocycles. The van der Waals surface area contributed by atoms with Crippen LogP contribution in [-0.2, 0) is 16.4 Å².